The summed E-state index contributed by atoms with van der Waals surface area (Å²) < 4.78 is 13.4. The van der Waals surface area contributed by atoms with Gasteiger partial charge in [0.2, 0.25) is 11.2 Å². The largest absolute Gasteiger partial charge is 0.487 e. The number of fused-ring (bicyclic) bond motifs is 1. The summed E-state index contributed by atoms with van der Waals surface area (Å²) in [6.45, 7) is 4.77. The number of para-hydroxylation sites is 1. The van der Waals surface area contributed by atoms with Crippen molar-refractivity contribution in [2.45, 2.75) is 38.8 Å². The standard InChI is InChI=1S/C22H25NO4/c1-2-8-21-22(20(25)15-18(16-24)27-21)26-14-7-3-6-12-23-13-11-17-9-4-5-10-19(17)23/h2,4-5,9-11,13,15,24H,1,3,6-8,12,14,16H2. The van der Waals surface area contributed by atoms with Gasteiger partial charge in [0.25, 0.3) is 0 Å². The third kappa shape index (κ3) is 4.68. The highest BCUT2D eigenvalue weighted by Crippen LogP contribution is 2.18. The van der Waals surface area contributed by atoms with Crippen LogP contribution in [-0.4, -0.2) is 16.3 Å². The predicted octanol–water partition coefficient (Wildman–Crippen LogP) is 4.06. The Balaban J connectivity index is 1.49. The van der Waals surface area contributed by atoms with Crippen molar-refractivity contribution in [3.63, 3.8) is 0 Å². The van der Waals surface area contributed by atoms with E-state index in [0.717, 1.165) is 25.8 Å². The van der Waals surface area contributed by atoms with E-state index in [1.54, 1.807) is 6.08 Å². The zero-order valence-electron chi connectivity index (χ0n) is 15.4. The topological polar surface area (TPSA) is 64.6 Å². The average molecular weight is 367 g/mol. The van der Waals surface area contributed by atoms with Gasteiger partial charge in [-0.1, -0.05) is 24.3 Å². The Kier molecular flexibility index (Phi) is 6.49. The molecule has 0 unspecified atom stereocenters. The molecule has 0 spiro atoms. The highest BCUT2D eigenvalue weighted by molar-refractivity contribution is 5.79. The van der Waals surface area contributed by atoms with Crippen molar-refractivity contribution < 1.29 is 14.3 Å². The van der Waals surface area contributed by atoms with Crippen LogP contribution in [0.3, 0.4) is 0 Å². The van der Waals surface area contributed by atoms with E-state index in [2.05, 4.69) is 41.6 Å². The Hall–Kier alpha value is -2.79. The van der Waals surface area contributed by atoms with E-state index in [9.17, 15) is 4.79 Å². The van der Waals surface area contributed by atoms with Crippen LogP contribution in [0.15, 0.2) is 64.5 Å². The summed E-state index contributed by atoms with van der Waals surface area (Å²) in [5.74, 6) is 0.881. The minimum absolute atomic E-state index is 0.225. The SMILES string of the molecule is C=CCc1oc(CO)cc(=O)c1OCCCCCn1ccc2ccccc21. The molecule has 1 N–H and O–H groups in total. The summed E-state index contributed by atoms with van der Waals surface area (Å²) in [5.41, 5.74) is 0.991. The highest BCUT2D eigenvalue weighted by atomic mass is 16.5. The molecular weight excluding hydrogens is 342 g/mol. The first-order valence-electron chi connectivity index (χ1n) is 9.27. The summed E-state index contributed by atoms with van der Waals surface area (Å²) in [4.78, 5) is 12.2. The minimum atomic E-state index is -0.312. The number of aromatic nitrogens is 1. The number of rotatable bonds is 10. The lowest BCUT2D eigenvalue weighted by molar-refractivity contribution is 0.230. The smallest absolute Gasteiger partial charge is 0.227 e. The second-order valence-corrected chi connectivity index (χ2v) is 6.46. The van der Waals surface area contributed by atoms with Gasteiger partial charge in [-0.05, 0) is 36.8 Å². The van der Waals surface area contributed by atoms with Gasteiger partial charge in [-0.2, -0.15) is 0 Å². The molecular formula is C22H25NO4. The Labute approximate surface area is 158 Å². The lowest BCUT2D eigenvalue weighted by atomic mass is 10.2. The van der Waals surface area contributed by atoms with Gasteiger partial charge >= 0.3 is 0 Å². The van der Waals surface area contributed by atoms with Crippen LogP contribution in [0.4, 0.5) is 0 Å². The Morgan fingerprint density at radius 1 is 1.19 bits per heavy atom. The number of ether oxygens (including phenoxy) is 1. The predicted molar refractivity (Wildman–Crippen MR) is 106 cm³/mol. The molecule has 0 amide bonds. The Morgan fingerprint density at radius 2 is 2.04 bits per heavy atom. The molecule has 142 valence electrons. The number of hydrogen-bond donors (Lipinski definition) is 1. The molecule has 0 saturated carbocycles. The fourth-order valence-corrected chi connectivity index (χ4v) is 3.15. The molecule has 0 radical (unpaired) electrons. The summed E-state index contributed by atoms with van der Waals surface area (Å²) in [6, 6.07) is 11.8. The molecule has 0 fully saturated rings. The number of hydrogen-bond acceptors (Lipinski definition) is 4. The fourth-order valence-electron chi connectivity index (χ4n) is 3.15. The van der Waals surface area contributed by atoms with Gasteiger partial charge in [-0.15, -0.1) is 6.58 Å². The molecule has 3 aromatic rings. The molecule has 0 aliphatic rings. The van der Waals surface area contributed by atoms with Gasteiger partial charge in [-0.3, -0.25) is 4.79 Å². The van der Waals surface area contributed by atoms with Gasteiger partial charge in [0.1, 0.15) is 12.4 Å². The summed E-state index contributed by atoms with van der Waals surface area (Å²) in [6.07, 6.45) is 7.06. The maximum absolute atomic E-state index is 12.2. The third-order valence-corrected chi connectivity index (χ3v) is 4.48. The molecule has 0 aliphatic carbocycles. The molecule has 0 aliphatic heterocycles. The van der Waals surface area contributed by atoms with Crippen LogP contribution in [0.2, 0.25) is 0 Å². The first kappa shape index (κ1) is 19.0. The molecule has 5 heteroatoms. The second kappa shape index (κ2) is 9.24. The molecule has 2 heterocycles. The van der Waals surface area contributed by atoms with Crippen LogP contribution in [0.1, 0.15) is 30.8 Å². The molecule has 0 atom stereocenters. The molecule has 0 bridgehead atoms. The lowest BCUT2D eigenvalue weighted by Gasteiger charge is -2.10. The van der Waals surface area contributed by atoms with Crippen LogP contribution >= 0.6 is 0 Å². The molecule has 1 aromatic carbocycles. The van der Waals surface area contributed by atoms with Crippen molar-refractivity contribution in [3.8, 4) is 5.75 Å². The maximum atomic E-state index is 12.2. The Morgan fingerprint density at radius 3 is 2.85 bits per heavy atom. The van der Waals surface area contributed by atoms with Gasteiger partial charge in [-0.25, -0.2) is 0 Å². The highest BCUT2D eigenvalue weighted by Gasteiger charge is 2.12. The van der Waals surface area contributed by atoms with E-state index in [0.29, 0.717) is 18.8 Å². The van der Waals surface area contributed by atoms with E-state index in [-0.39, 0.29) is 23.5 Å². The monoisotopic (exact) mass is 367 g/mol. The quantitative estimate of drug-likeness (QED) is 0.433. The Bertz CT molecular complexity index is 954. The number of aliphatic hydroxyl groups excluding tert-OH is 1. The van der Waals surface area contributed by atoms with E-state index in [4.69, 9.17) is 14.3 Å². The molecule has 5 nitrogen and oxygen atoms in total. The summed E-state index contributed by atoms with van der Waals surface area (Å²) in [5, 5.41) is 10.4. The van der Waals surface area contributed by atoms with Crippen molar-refractivity contribution in [3.05, 3.63) is 77.0 Å². The molecule has 2 aromatic heterocycles. The van der Waals surface area contributed by atoms with Crippen LogP contribution in [0.25, 0.3) is 10.9 Å². The van der Waals surface area contributed by atoms with Crippen molar-refractivity contribution in [2.24, 2.45) is 0 Å². The van der Waals surface area contributed by atoms with Crippen molar-refractivity contribution >= 4 is 10.9 Å². The second-order valence-electron chi connectivity index (χ2n) is 6.46. The zero-order valence-corrected chi connectivity index (χ0v) is 15.4. The zero-order chi connectivity index (χ0) is 19.1. The average Bonchev–Trinajstić information content (AvgIpc) is 3.09. The first-order chi connectivity index (χ1) is 13.2. The van der Waals surface area contributed by atoms with Gasteiger partial charge in [0.15, 0.2) is 5.76 Å². The number of nitrogens with zero attached hydrogens (tertiary/aromatic N) is 1. The number of allylic oxidation sites excluding steroid dienone is 1. The van der Waals surface area contributed by atoms with Crippen molar-refractivity contribution in [1.82, 2.24) is 4.57 Å². The van der Waals surface area contributed by atoms with Gasteiger partial charge < -0.3 is 18.8 Å². The fraction of sp³-hybridized carbons (Fsp3) is 0.318. The number of benzene rings is 1. The number of aryl methyl sites for hydroxylation is 1. The van der Waals surface area contributed by atoms with Crippen molar-refractivity contribution in [1.29, 1.82) is 0 Å². The molecule has 3 rings (SSSR count). The molecule has 0 saturated heterocycles. The maximum Gasteiger partial charge on any atom is 0.227 e. The number of unbranched alkanes of at least 4 members (excludes halogenated alkanes) is 2. The van der Waals surface area contributed by atoms with Crippen LogP contribution in [0.5, 0.6) is 5.75 Å². The van der Waals surface area contributed by atoms with E-state index < -0.39 is 0 Å². The molecule has 27 heavy (non-hydrogen) atoms. The van der Waals surface area contributed by atoms with Gasteiger partial charge in [0.05, 0.1) is 6.61 Å². The van der Waals surface area contributed by atoms with E-state index in [1.165, 1.54) is 17.0 Å². The van der Waals surface area contributed by atoms with Crippen molar-refractivity contribution in [2.75, 3.05) is 6.61 Å². The van der Waals surface area contributed by atoms with Crippen LogP contribution in [-0.2, 0) is 19.6 Å². The first-order valence-corrected chi connectivity index (χ1v) is 9.27. The summed E-state index contributed by atoms with van der Waals surface area (Å²) >= 11 is 0. The van der Waals surface area contributed by atoms with E-state index in [1.807, 2.05) is 6.07 Å². The normalized spacial score (nSPS) is 11.0. The van der Waals surface area contributed by atoms with Crippen LogP contribution < -0.4 is 10.2 Å². The van der Waals surface area contributed by atoms with Gasteiger partial charge in [0, 0.05) is 30.7 Å². The lowest BCUT2D eigenvalue weighted by Crippen LogP contribution is -2.12. The minimum Gasteiger partial charge on any atom is -0.487 e. The van der Waals surface area contributed by atoms with Crippen LogP contribution in [0, 0.1) is 0 Å². The summed E-state index contributed by atoms with van der Waals surface area (Å²) in [7, 11) is 0. The number of aliphatic hydroxyl groups is 1. The third-order valence-electron chi connectivity index (χ3n) is 4.48. The van der Waals surface area contributed by atoms with E-state index >= 15 is 0 Å².